The third-order valence-corrected chi connectivity index (χ3v) is 3.73. The van der Waals surface area contributed by atoms with Gasteiger partial charge in [-0.1, -0.05) is 0 Å². The van der Waals surface area contributed by atoms with Gasteiger partial charge in [-0.15, -0.1) is 0 Å². The minimum Gasteiger partial charge on any atom is -0.330 e. The van der Waals surface area contributed by atoms with E-state index in [1.807, 2.05) is 0 Å². The van der Waals surface area contributed by atoms with Gasteiger partial charge in [0.05, 0.1) is 0 Å². The molecule has 3 nitrogen and oxygen atoms in total. The molecule has 2 aliphatic rings. The van der Waals surface area contributed by atoms with Crippen LogP contribution in [0.2, 0.25) is 0 Å². The summed E-state index contributed by atoms with van der Waals surface area (Å²) in [6, 6.07) is 0.817. The van der Waals surface area contributed by atoms with E-state index in [1.165, 1.54) is 45.4 Å². The first-order chi connectivity index (χ1) is 6.79. The highest BCUT2D eigenvalue weighted by atomic mass is 15.2. The van der Waals surface area contributed by atoms with Crippen molar-refractivity contribution in [2.75, 3.05) is 39.8 Å². The van der Waals surface area contributed by atoms with Gasteiger partial charge in [0.25, 0.3) is 0 Å². The Hall–Kier alpha value is -0.120. The van der Waals surface area contributed by atoms with Crippen LogP contribution in [0.5, 0.6) is 0 Å². The van der Waals surface area contributed by atoms with E-state index in [4.69, 9.17) is 5.73 Å². The molecule has 2 N–H and O–H groups in total. The third kappa shape index (κ3) is 2.27. The van der Waals surface area contributed by atoms with Crippen molar-refractivity contribution in [3.63, 3.8) is 0 Å². The lowest BCUT2D eigenvalue weighted by Gasteiger charge is -2.43. The summed E-state index contributed by atoms with van der Waals surface area (Å²) in [6.45, 7) is 6.11. The summed E-state index contributed by atoms with van der Waals surface area (Å²) in [4.78, 5) is 5.02. The third-order valence-electron chi connectivity index (χ3n) is 3.73. The van der Waals surface area contributed by atoms with Crippen molar-refractivity contribution in [3.8, 4) is 0 Å². The first-order valence-corrected chi connectivity index (χ1v) is 5.92. The minimum absolute atomic E-state index is 0.817. The summed E-state index contributed by atoms with van der Waals surface area (Å²) in [7, 11) is 2.21. The Morgan fingerprint density at radius 3 is 2.57 bits per heavy atom. The predicted molar refractivity (Wildman–Crippen MR) is 59.3 cm³/mol. The predicted octanol–water partition coefficient (Wildman–Crippen LogP) is 0.361. The summed E-state index contributed by atoms with van der Waals surface area (Å²) in [5.41, 5.74) is 5.58. The quantitative estimate of drug-likeness (QED) is 0.691. The zero-order valence-electron chi connectivity index (χ0n) is 9.28. The molecule has 2 saturated heterocycles. The van der Waals surface area contributed by atoms with Crippen molar-refractivity contribution in [2.45, 2.75) is 25.3 Å². The van der Waals surface area contributed by atoms with Crippen LogP contribution in [0.1, 0.15) is 19.3 Å². The van der Waals surface area contributed by atoms with Crippen LogP contribution in [0.15, 0.2) is 0 Å². The Labute approximate surface area is 87.2 Å². The van der Waals surface area contributed by atoms with Gasteiger partial charge in [-0.05, 0) is 51.9 Å². The van der Waals surface area contributed by atoms with E-state index in [0.29, 0.717) is 0 Å². The first kappa shape index (κ1) is 10.4. The van der Waals surface area contributed by atoms with Gasteiger partial charge in [0.2, 0.25) is 0 Å². The minimum atomic E-state index is 0.817. The molecule has 2 aliphatic heterocycles. The maximum atomic E-state index is 5.58. The van der Waals surface area contributed by atoms with E-state index in [0.717, 1.165) is 18.5 Å². The normalized spacial score (nSPS) is 30.0. The van der Waals surface area contributed by atoms with Crippen molar-refractivity contribution < 1.29 is 0 Å². The van der Waals surface area contributed by atoms with E-state index in [-0.39, 0.29) is 0 Å². The Bertz CT molecular complexity index is 177. The van der Waals surface area contributed by atoms with E-state index >= 15 is 0 Å². The van der Waals surface area contributed by atoms with Crippen LogP contribution in [0.3, 0.4) is 0 Å². The number of rotatable bonds is 5. The number of nitrogens with zero attached hydrogens (tertiary/aromatic N) is 2. The molecular formula is C11H23N3. The van der Waals surface area contributed by atoms with Crippen LogP contribution in [-0.2, 0) is 0 Å². The molecule has 0 radical (unpaired) electrons. The lowest BCUT2D eigenvalue weighted by atomic mass is 9.94. The second kappa shape index (κ2) is 4.60. The second-order valence-corrected chi connectivity index (χ2v) is 4.93. The summed E-state index contributed by atoms with van der Waals surface area (Å²) >= 11 is 0. The smallest absolute Gasteiger partial charge is 0.0119 e. The van der Waals surface area contributed by atoms with Gasteiger partial charge in [0.1, 0.15) is 0 Å². The molecule has 14 heavy (non-hydrogen) atoms. The van der Waals surface area contributed by atoms with Crippen LogP contribution in [0.4, 0.5) is 0 Å². The van der Waals surface area contributed by atoms with Gasteiger partial charge < -0.3 is 15.5 Å². The fourth-order valence-corrected chi connectivity index (χ4v) is 2.67. The van der Waals surface area contributed by atoms with Gasteiger partial charge in [0.15, 0.2) is 0 Å². The highest BCUT2D eigenvalue weighted by molar-refractivity contribution is 4.85. The maximum Gasteiger partial charge on any atom is 0.0119 e. The average molecular weight is 197 g/mol. The monoisotopic (exact) mass is 197 g/mol. The molecular weight excluding hydrogens is 174 g/mol. The Morgan fingerprint density at radius 1 is 1.29 bits per heavy atom. The highest BCUT2D eigenvalue weighted by Gasteiger charge is 2.29. The van der Waals surface area contributed by atoms with Crippen molar-refractivity contribution in [3.05, 3.63) is 0 Å². The molecule has 0 amide bonds. The van der Waals surface area contributed by atoms with Gasteiger partial charge in [-0.25, -0.2) is 0 Å². The molecule has 82 valence electrons. The fourth-order valence-electron chi connectivity index (χ4n) is 2.67. The van der Waals surface area contributed by atoms with Gasteiger partial charge in [0, 0.05) is 19.1 Å². The van der Waals surface area contributed by atoms with Crippen molar-refractivity contribution in [2.24, 2.45) is 11.7 Å². The van der Waals surface area contributed by atoms with Crippen LogP contribution in [0.25, 0.3) is 0 Å². The topological polar surface area (TPSA) is 32.5 Å². The average Bonchev–Trinajstić information content (AvgIpc) is 2.09. The molecule has 1 atom stereocenters. The second-order valence-electron chi connectivity index (χ2n) is 4.93. The lowest BCUT2D eigenvalue weighted by molar-refractivity contribution is 0.0555. The molecule has 2 fully saturated rings. The van der Waals surface area contributed by atoms with Crippen LogP contribution in [-0.4, -0.2) is 55.6 Å². The molecule has 3 heteroatoms. The maximum absolute atomic E-state index is 5.58. The summed E-state index contributed by atoms with van der Waals surface area (Å²) in [6.07, 6.45) is 3.97. The Balaban J connectivity index is 1.57. The highest BCUT2D eigenvalue weighted by Crippen LogP contribution is 2.23. The number of nitrogens with two attached hydrogens (primary N) is 1. The largest absolute Gasteiger partial charge is 0.330 e. The first-order valence-electron chi connectivity index (χ1n) is 5.92. The van der Waals surface area contributed by atoms with Crippen molar-refractivity contribution in [1.29, 1.82) is 0 Å². The lowest BCUT2D eigenvalue weighted by Crippen LogP contribution is -2.51. The van der Waals surface area contributed by atoms with E-state index in [1.54, 1.807) is 0 Å². The number of hydrogen-bond acceptors (Lipinski definition) is 3. The SMILES string of the molecule is CN1CC(CCN2CCC2CCN)C1. The van der Waals surface area contributed by atoms with Crippen LogP contribution < -0.4 is 5.73 Å². The van der Waals surface area contributed by atoms with Crippen LogP contribution in [0, 0.1) is 5.92 Å². The molecule has 2 heterocycles. The van der Waals surface area contributed by atoms with Gasteiger partial charge >= 0.3 is 0 Å². The molecule has 0 spiro atoms. The number of hydrogen-bond donors (Lipinski definition) is 1. The van der Waals surface area contributed by atoms with Crippen molar-refractivity contribution >= 4 is 0 Å². The Kier molecular flexibility index (Phi) is 3.42. The standard InChI is InChI=1S/C11H23N3/c1-13-8-10(9-13)3-6-14-7-4-11(14)2-5-12/h10-11H,2-9,12H2,1H3. The molecule has 2 rings (SSSR count). The van der Waals surface area contributed by atoms with E-state index in [2.05, 4.69) is 16.8 Å². The summed E-state index contributed by atoms with van der Waals surface area (Å²) in [5, 5.41) is 0. The Morgan fingerprint density at radius 2 is 2.07 bits per heavy atom. The van der Waals surface area contributed by atoms with E-state index in [9.17, 15) is 0 Å². The molecule has 0 aromatic heterocycles. The van der Waals surface area contributed by atoms with E-state index < -0.39 is 0 Å². The molecule has 0 saturated carbocycles. The fraction of sp³-hybridized carbons (Fsp3) is 1.00. The molecule has 0 aromatic carbocycles. The zero-order chi connectivity index (χ0) is 9.97. The van der Waals surface area contributed by atoms with Gasteiger partial charge in [-0.3, -0.25) is 0 Å². The molecule has 0 aromatic rings. The van der Waals surface area contributed by atoms with Crippen molar-refractivity contribution in [1.82, 2.24) is 9.80 Å². The number of likely N-dealkylation sites (tertiary alicyclic amines) is 2. The van der Waals surface area contributed by atoms with Crippen LogP contribution >= 0.6 is 0 Å². The molecule has 0 aliphatic carbocycles. The zero-order valence-corrected chi connectivity index (χ0v) is 9.28. The molecule has 1 unspecified atom stereocenters. The summed E-state index contributed by atoms with van der Waals surface area (Å²) < 4.78 is 0. The summed E-state index contributed by atoms with van der Waals surface area (Å²) in [5.74, 6) is 0.971. The molecule has 0 bridgehead atoms. The van der Waals surface area contributed by atoms with Gasteiger partial charge in [-0.2, -0.15) is 0 Å².